The zero-order valence-corrected chi connectivity index (χ0v) is 20.6. The van der Waals surface area contributed by atoms with Crippen molar-refractivity contribution in [2.45, 2.75) is 23.1 Å². The molecule has 1 aromatic heterocycles. The number of hydrogen-bond acceptors (Lipinski definition) is 7. The molecule has 34 heavy (non-hydrogen) atoms. The van der Waals surface area contributed by atoms with Gasteiger partial charge in [-0.15, -0.1) is 0 Å². The fraction of sp³-hybridized carbons (Fsp3) is 0.240. The van der Waals surface area contributed by atoms with Crippen LogP contribution in [0.3, 0.4) is 0 Å². The van der Waals surface area contributed by atoms with Gasteiger partial charge < -0.3 is 10.1 Å². The van der Waals surface area contributed by atoms with Crippen molar-refractivity contribution in [2.24, 2.45) is 0 Å². The second kappa shape index (κ2) is 11.8. The highest BCUT2D eigenvalue weighted by Crippen LogP contribution is 2.27. The molecule has 1 atom stereocenters. The summed E-state index contributed by atoms with van der Waals surface area (Å²) in [6.45, 7) is 0. The second-order valence-electron chi connectivity index (χ2n) is 7.52. The molecule has 0 aliphatic heterocycles. The molecule has 7 nitrogen and oxygen atoms in total. The van der Waals surface area contributed by atoms with E-state index in [1.165, 1.54) is 25.6 Å². The number of amides is 1. The van der Waals surface area contributed by atoms with Crippen molar-refractivity contribution in [3.63, 3.8) is 0 Å². The number of carbonyl (C=O) groups excluding carboxylic acids is 2. The number of aromatic nitrogens is 1. The van der Waals surface area contributed by atoms with Gasteiger partial charge in [-0.05, 0) is 59.4 Å². The van der Waals surface area contributed by atoms with Crippen LogP contribution in [0, 0.1) is 0 Å². The van der Waals surface area contributed by atoms with Crippen LogP contribution in [-0.2, 0) is 25.1 Å². The Balaban J connectivity index is 1.96. The molecule has 0 aliphatic rings. The number of methoxy groups -OCH3 is 1. The first kappa shape index (κ1) is 25.5. The maximum absolute atomic E-state index is 13.2. The van der Waals surface area contributed by atoms with Gasteiger partial charge in [0.05, 0.1) is 17.8 Å². The average Bonchev–Trinajstić information content (AvgIpc) is 2.86. The second-order valence-corrected chi connectivity index (χ2v) is 10.5. The lowest BCUT2D eigenvalue weighted by Crippen LogP contribution is -2.42. The van der Waals surface area contributed by atoms with Crippen LogP contribution in [-0.4, -0.2) is 50.4 Å². The molecule has 0 saturated carbocycles. The van der Waals surface area contributed by atoms with E-state index in [4.69, 9.17) is 4.74 Å². The third-order valence-corrected chi connectivity index (χ3v) is 7.48. The molecule has 3 rings (SSSR count). The number of hydrogen-bond donors (Lipinski definition) is 1. The van der Waals surface area contributed by atoms with Crippen molar-refractivity contribution in [2.75, 3.05) is 19.1 Å². The molecule has 0 saturated heterocycles. The summed E-state index contributed by atoms with van der Waals surface area (Å²) in [4.78, 5) is 29.4. The molecule has 0 bridgehead atoms. The van der Waals surface area contributed by atoms with Crippen LogP contribution in [0.4, 0.5) is 0 Å². The molecule has 178 valence electrons. The van der Waals surface area contributed by atoms with E-state index in [0.29, 0.717) is 28.9 Å². The number of sulfone groups is 1. The van der Waals surface area contributed by atoms with E-state index < -0.39 is 27.8 Å². The Labute approximate surface area is 203 Å². The van der Waals surface area contributed by atoms with Gasteiger partial charge in [-0.2, -0.15) is 11.8 Å². The number of thioether (sulfide) groups is 1. The number of carbonyl (C=O) groups is 2. The third kappa shape index (κ3) is 6.45. The van der Waals surface area contributed by atoms with E-state index >= 15 is 0 Å². The Bertz CT molecular complexity index is 1230. The van der Waals surface area contributed by atoms with Crippen molar-refractivity contribution in [3.8, 4) is 11.1 Å². The smallest absolute Gasteiger partial charge is 0.328 e. The molecule has 2 aromatic carbocycles. The van der Waals surface area contributed by atoms with Gasteiger partial charge in [0.15, 0.2) is 9.84 Å². The maximum atomic E-state index is 13.2. The molecule has 0 aliphatic carbocycles. The van der Waals surface area contributed by atoms with E-state index in [2.05, 4.69) is 10.3 Å². The molecule has 1 unspecified atom stereocenters. The number of ether oxygens (including phenoxy) is 1. The van der Waals surface area contributed by atoms with Crippen LogP contribution in [0.2, 0.25) is 0 Å². The molecule has 9 heteroatoms. The van der Waals surface area contributed by atoms with Crippen LogP contribution in [0.25, 0.3) is 11.1 Å². The van der Waals surface area contributed by atoms with E-state index in [0.717, 1.165) is 5.56 Å². The topological polar surface area (TPSA) is 102 Å². The quantitative estimate of drug-likeness (QED) is 0.425. The summed E-state index contributed by atoms with van der Waals surface area (Å²) in [5, 5.41) is 2.77. The molecule has 0 spiro atoms. The highest BCUT2D eigenvalue weighted by molar-refractivity contribution is 7.98. The minimum atomic E-state index is -3.62. The van der Waals surface area contributed by atoms with Gasteiger partial charge in [-0.3, -0.25) is 9.78 Å². The van der Waals surface area contributed by atoms with E-state index in [-0.39, 0.29) is 10.6 Å². The van der Waals surface area contributed by atoms with Gasteiger partial charge in [0.25, 0.3) is 5.91 Å². The summed E-state index contributed by atoms with van der Waals surface area (Å²) in [5.74, 6) is -0.504. The highest BCUT2D eigenvalue weighted by atomic mass is 32.2. The lowest BCUT2D eigenvalue weighted by Gasteiger charge is -2.18. The first-order valence-corrected chi connectivity index (χ1v) is 13.6. The fourth-order valence-corrected chi connectivity index (χ4v) is 5.20. The van der Waals surface area contributed by atoms with Gasteiger partial charge in [0.1, 0.15) is 6.04 Å². The molecule has 1 heterocycles. The van der Waals surface area contributed by atoms with Crippen LogP contribution < -0.4 is 5.32 Å². The van der Waals surface area contributed by atoms with Crippen molar-refractivity contribution in [3.05, 3.63) is 84.2 Å². The first-order chi connectivity index (χ1) is 16.4. The SMILES string of the molecule is COC(=O)C(CCSC)NC(=O)c1ccc(CS(=O)(=O)c2cccnc2)cc1-c1ccccc1. The van der Waals surface area contributed by atoms with Gasteiger partial charge in [0, 0.05) is 18.0 Å². The van der Waals surface area contributed by atoms with E-state index in [1.54, 1.807) is 36.0 Å². The zero-order valence-electron chi connectivity index (χ0n) is 18.9. The Kier molecular flexibility index (Phi) is 8.84. The van der Waals surface area contributed by atoms with Crippen LogP contribution in [0.5, 0.6) is 0 Å². The van der Waals surface area contributed by atoms with Gasteiger partial charge in [-0.25, -0.2) is 13.2 Å². The third-order valence-electron chi connectivity index (χ3n) is 5.17. The van der Waals surface area contributed by atoms with Crippen LogP contribution in [0.1, 0.15) is 22.3 Å². The molecule has 1 N–H and O–H groups in total. The van der Waals surface area contributed by atoms with E-state index in [9.17, 15) is 18.0 Å². The number of rotatable bonds is 10. The molecule has 1 amide bonds. The van der Waals surface area contributed by atoms with Crippen molar-refractivity contribution < 1.29 is 22.7 Å². The van der Waals surface area contributed by atoms with Gasteiger partial charge >= 0.3 is 5.97 Å². The van der Waals surface area contributed by atoms with Gasteiger partial charge in [-0.1, -0.05) is 36.4 Å². The molecular weight excluding hydrogens is 472 g/mol. The fourth-order valence-electron chi connectivity index (χ4n) is 3.43. The summed E-state index contributed by atoms with van der Waals surface area (Å²) in [7, 11) is -2.33. The number of nitrogens with one attached hydrogen (secondary N) is 1. The largest absolute Gasteiger partial charge is 0.467 e. The Morgan fingerprint density at radius 3 is 2.50 bits per heavy atom. The molecule has 3 aromatic rings. The zero-order chi connectivity index (χ0) is 24.6. The summed E-state index contributed by atoms with van der Waals surface area (Å²) in [6.07, 6.45) is 5.18. The monoisotopic (exact) mass is 498 g/mol. The lowest BCUT2D eigenvalue weighted by atomic mass is 9.97. The van der Waals surface area contributed by atoms with Crippen molar-refractivity contribution >= 4 is 33.5 Å². The lowest BCUT2D eigenvalue weighted by molar-refractivity contribution is -0.142. The molecular formula is C25H26N2O5S2. The predicted octanol–water partition coefficient (Wildman–Crippen LogP) is 3.75. The van der Waals surface area contributed by atoms with Crippen molar-refractivity contribution in [1.29, 1.82) is 0 Å². The van der Waals surface area contributed by atoms with E-state index in [1.807, 2.05) is 36.6 Å². The predicted molar refractivity (Wildman–Crippen MR) is 133 cm³/mol. The maximum Gasteiger partial charge on any atom is 0.328 e. The minimum Gasteiger partial charge on any atom is -0.467 e. The standard InChI is InChI=1S/C25H26N2O5S2/c1-32-25(29)23(12-14-33-2)27-24(28)21-11-10-18(15-22(21)19-7-4-3-5-8-19)17-34(30,31)20-9-6-13-26-16-20/h3-11,13,15-16,23H,12,14,17H2,1-2H3,(H,27,28). The summed E-state index contributed by atoms with van der Waals surface area (Å²) < 4.78 is 30.5. The Hall–Kier alpha value is -3.17. The first-order valence-electron chi connectivity index (χ1n) is 10.5. The summed E-state index contributed by atoms with van der Waals surface area (Å²) in [5.41, 5.74) is 2.20. The number of benzene rings is 2. The normalized spacial score (nSPS) is 12.1. The minimum absolute atomic E-state index is 0.132. The Morgan fingerprint density at radius 2 is 1.85 bits per heavy atom. The summed E-state index contributed by atoms with van der Waals surface area (Å²) >= 11 is 1.57. The average molecular weight is 499 g/mol. The van der Waals surface area contributed by atoms with Gasteiger partial charge in [0.2, 0.25) is 0 Å². The highest BCUT2D eigenvalue weighted by Gasteiger charge is 2.24. The molecule has 0 radical (unpaired) electrons. The molecule has 0 fully saturated rings. The summed E-state index contributed by atoms with van der Waals surface area (Å²) in [6, 6.07) is 16.4. The van der Waals surface area contributed by atoms with Crippen LogP contribution in [0.15, 0.2) is 78.0 Å². The van der Waals surface area contributed by atoms with Crippen LogP contribution >= 0.6 is 11.8 Å². The number of pyridine rings is 1. The number of esters is 1. The number of nitrogens with zero attached hydrogens (tertiary/aromatic N) is 1. The Morgan fingerprint density at radius 1 is 1.09 bits per heavy atom. The van der Waals surface area contributed by atoms with Crippen molar-refractivity contribution in [1.82, 2.24) is 10.3 Å².